The highest BCUT2D eigenvalue weighted by Crippen LogP contribution is 2.41. The molecule has 2 fully saturated rings. The van der Waals surface area contributed by atoms with Crippen LogP contribution in [-0.4, -0.2) is 85.6 Å². The molecule has 1 N–H and O–H groups in total. The molecule has 0 saturated carbocycles. The molecule has 2 aliphatic rings. The molecule has 0 aliphatic carbocycles. The minimum Gasteiger partial charge on any atom is -0.466 e. The van der Waals surface area contributed by atoms with Crippen LogP contribution in [0.1, 0.15) is 82.1 Å². The molecule has 4 heterocycles. The Hall–Kier alpha value is -3.01. The van der Waals surface area contributed by atoms with E-state index < -0.39 is 0 Å². The van der Waals surface area contributed by atoms with Crippen molar-refractivity contribution in [1.29, 1.82) is 0 Å². The standard InChI is InChI=1S/C35H53N7O2/c1-4-31(5-2)41-21-13-35(14-22-41)12-20-39(28-35)18-7-19-42-23-17-38-33(42)27-40(26-32-36-15-16-37-32)25-30-10-8-29(9-11-30)24-34(43)44-6-3/h8-11,15-17,23,31H,4-7,12-14,18-22,24-28H2,1-3H3,(H,36,37). The largest absolute Gasteiger partial charge is 0.466 e. The van der Waals surface area contributed by atoms with Gasteiger partial charge in [0.15, 0.2) is 0 Å². The number of aromatic amines is 1. The maximum Gasteiger partial charge on any atom is 0.310 e. The smallest absolute Gasteiger partial charge is 0.310 e. The number of nitrogens with zero attached hydrogens (tertiary/aromatic N) is 6. The van der Waals surface area contributed by atoms with Crippen molar-refractivity contribution < 1.29 is 9.53 Å². The number of H-pyrrole nitrogens is 1. The molecule has 1 spiro atoms. The van der Waals surface area contributed by atoms with Crippen molar-refractivity contribution in [1.82, 2.24) is 34.2 Å². The quantitative estimate of drug-likeness (QED) is 0.223. The summed E-state index contributed by atoms with van der Waals surface area (Å²) >= 11 is 0. The van der Waals surface area contributed by atoms with Crippen LogP contribution in [0.25, 0.3) is 0 Å². The van der Waals surface area contributed by atoms with Crippen LogP contribution in [0.5, 0.6) is 0 Å². The van der Waals surface area contributed by atoms with Crippen LogP contribution in [0.2, 0.25) is 0 Å². The highest BCUT2D eigenvalue weighted by atomic mass is 16.5. The van der Waals surface area contributed by atoms with Gasteiger partial charge < -0.3 is 24.1 Å². The summed E-state index contributed by atoms with van der Waals surface area (Å²) in [7, 11) is 0. The van der Waals surface area contributed by atoms with E-state index in [2.05, 4.69) is 61.4 Å². The predicted molar refractivity (Wildman–Crippen MR) is 174 cm³/mol. The number of nitrogens with one attached hydrogen (secondary N) is 1. The van der Waals surface area contributed by atoms with E-state index in [4.69, 9.17) is 9.72 Å². The van der Waals surface area contributed by atoms with Crippen LogP contribution < -0.4 is 0 Å². The van der Waals surface area contributed by atoms with E-state index in [1.807, 2.05) is 31.5 Å². The second kappa shape index (κ2) is 15.8. The fraction of sp³-hybridized carbons (Fsp3) is 0.629. The van der Waals surface area contributed by atoms with Gasteiger partial charge >= 0.3 is 5.97 Å². The highest BCUT2D eigenvalue weighted by molar-refractivity contribution is 5.72. The summed E-state index contributed by atoms with van der Waals surface area (Å²) in [6, 6.07) is 9.03. The van der Waals surface area contributed by atoms with Gasteiger partial charge in [0, 0.05) is 50.5 Å². The van der Waals surface area contributed by atoms with E-state index in [0.717, 1.165) is 55.9 Å². The van der Waals surface area contributed by atoms with Crippen molar-refractivity contribution in [2.45, 2.75) is 97.9 Å². The maximum atomic E-state index is 11.9. The number of piperidine rings is 1. The first-order valence-electron chi connectivity index (χ1n) is 16.9. The normalized spacial score (nSPS) is 17.3. The summed E-state index contributed by atoms with van der Waals surface area (Å²) in [5.41, 5.74) is 2.71. The summed E-state index contributed by atoms with van der Waals surface area (Å²) in [6.45, 7) is 16.4. The van der Waals surface area contributed by atoms with Crippen LogP contribution in [0, 0.1) is 5.41 Å². The Morgan fingerprint density at radius 2 is 1.70 bits per heavy atom. The fourth-order valence-electron chi connectivity index (χ4n) is 7.32. The number of carbonyl (C=O) groups excluding carboxylic acids is 1. The third-order valence-corrected chi connectivity index (χ3v) is 9.89. The van der Waals surface area contributed by atoms with Crippen LogP contribution in [0.4, 0.5) is 0 Å². The fourth-order valence-corrected chi connectivity index (χ4v) is 7.32. The molecule has 0 atom stereocenters. The zero-order valence-electron chi connectivity index (χ0n) is 27.2. The lowest BCUT2D eigenvalue weighted by Crippen LogP contribution is -2.45. The summed E-state index contributed by atoms with van der Waals surface area (Å²) in [4.78, 5) is 32.2. The topological polar surface area (TPSA) is 82.5 Å². The monoisotopic (exact) mass is 603 g/mol. The van der Waals surface area contributed by atoms with E-state index in [1.54, 1.807) is 6.20 Å². The van der Waals surface area contributed by atoms with E-state index in [9.17, 15) is 4.79 Å². The molecule has 9 nitrogen and oxygen atoms in total. The van der Waals surface area contributed by atoms with Gasteiger partial charge in [0.2, 0.25) is 0 Å². The van der Waals surface area contributed by atoms with Crippen LogP contribution in [-0.2, 0) is 42.1 Å². The van der Waals surface area contributed by atoms with Crippen molar-refractivity contribution in [3.05, 3.63) is 71.8 Å². The van der Waals surface area contributed by atoms with Crippen LogP contribution in [0.15, 0.2) is 49.1 Å². The lowest BCUT2D eigenvalue weighted by Gasteiger charge is -2.42. The molecule has 44 heavy (non-hydrogen) atoms. The molecule has 3 aromatic rings. The predicted octanol–water partition coefficient (Wildman–Crippen LogP) is 5.28. The summed E-state index contributed by atoms with van der Waals surface area (Å²) < 4.78 is 7.43. The Kier molecular flexibility index (Phi) is 11.6. The molecule has 0 amide bonds. The number of likely N-dealkylation sites (tertiary alicyclic amines) is 2. The van der Waals surface area contributed by atoms with Gasteiger partial charge in [-0.25, -0.2) is 9.97 Å². The second-order valence-electron chi connectivity index (χ2n) is 12.9. The minimum atomic E-state index is -0.186. The van der Waals surface area contributed by atoms with Gasteiger partial charge in [0.1, 0.15) is 11.6 Å². The zero-order valence-corrected chi connectivity index (χ0v) is 27.2. The van der Waals surface area contributed by atoms with Crippen molar-refractivity contribution in [3.8, 4) is 0 Å². The third-order valence-electron chi connectivity index (χ3n) is 9.89. The van der Waals surface area contributed by atoms with Crippen molar-refractivity contribution in [2.24, 2.45) is 5.41 Å². The number of benzene rings is 1. The van der Waals surface area contributed by atoms with Crippen molar-refractivity contribution in [2.75, 3.05) is 39.3 Å². The van der Waals surface area contributed by atoms with Gasteiger partial charge in [0.25, 0.3) is 0 Å². The van der Waals surface area contributed by atoms with Crippen LogP contribution >= 0.6 is 0 Å². The highest BCUT2D eigenvalue weighted by Gasteiger charge is 2.40. The molecule has 9 heteroatoms. The minimum absolute atomic E-state index is 0.186. The maximum absolute atomic E-state index is 11.9. The number of carbonyl (C=O) groups is 1. The summed E-state index contributed by atoms with van der Waals surface area (Å²) in [6.07, 6.45) is 15.8. The first-order valence-corrected chi connectivity index (χ1v) is 16.9. The molecule has 1 aromatic carbocycles. The van der Waals surface area contributed by atoms with Gasteiger partial charge in [-0.1, -0.05) is 38.1 Å². The Morgan fingerprint density at radius 1 is 0.955 bits per heavy atom. The Labute approximate surface area is 264 Å². The molecular weight excluding hydrogens is 550 g/mol. The molecule has 2 saturated heterocycles. The van der Waals surface area contributed by atoms with Gasteiger partial charge in [-0.05, 0) is 88.2 Å². The Balaban J connectivity index is 1.12. The van der Waals surface area contributed by atoms with Gasteiger partial charge in [-0.15, -0.1) is 0 Å². The molecular formula is C35H53N7O2. The molecule has 5 rings (SSSR count). The average Bonchev–Trinajstić information content (AvgIpc) is 3.79. The van der Waals surface area contributed by atoms with E-state index in [1.165, 1.54) is 63.8 Å². The number of aryl methyl sites for hydroxylation is 1. The van der Waals surface area contributed by atoms with Crippen molar-refractivity contribution in [3.63, 3.8) is 0 Å². The number of hydrogen-bond donors (Lipinski definition) is 1. The lowest BCUT2D eigenvalue weighted by atomic mass is 9.77. The molecule has 0 radical (unpaired) electrons. The van der Waals surface area contributed by atoms with E-state index >= 15 is 0 Å². The number of aromatic nitrogens is 4. The molecule has 2 aromatic heterocycles. The first-order chi connectivity index (χ1) is 21.5. The van der Waals surface area contributed by atoms with Gasteiger partial charge in [-0.3, -0.25) is 9.69 Å². The first kappa shape index (κ1) is 32.4. The number of esters is 1. The zero-order chi connectivity index (χ0) is 30.8. The Morgan fingerprint density at radius 3 is 2.41 bits per heavy atom. The number of hydrogen-bond acceptors (Lipinski definition) is 7. The van der Waals surface area contributed by atoms with Crippen LogP contribution in [0.3, 0.4) is 0 Å². The number of imidazole rings is 2. The van der Waals surface area contributed by atoms with E-state index in [0.29, 0.717) is 25.0 Å². The Bertz CT molecular complexity index is 1260. The average molecular weight is 604 g/mol. The molecule has 2 aliphatic heterocycles. The van der Waals surface area contributed by atoms with Crippen molar-refractivity contribution >= 4 is 5.97 Å². The number of rotatable bonds is 16. The number of ether oxygens (including phenoxy) is 1. The van der Waals surface area contributed by atoms with E-state index in [-0.39, 0.29) is 5.97 Å². The third kappa shape index (κ3) is 8.79. The molecule has 0 bridgehead atoms. The summed E-state index contributed by atoms with van der Waals surface area (Å²) in [5.74, 6) is 1.84. The summed E-state index contributed by atoms with van der Waals surface area (Å²) in [5, 5.41) is 0. The molecule has 240 valence electrons. The van der Waals surface area contributed by atoms with Gasteiger partial charge in [-0.2, -0.15) is 0 Å². The second-order valence-corrected chi connectivity index (χ2v) is 12.9. The van der Waals surface area contributed by atoms with Gasteiger partial charge in [0.05, 0.1) is 26.1 Å². The SMILES string of the molecule is CCOC(=O)Cc1ccc(CN(Cc2ncc[nH]2)Cc2nccn2CCCN2CCC3(CCN(C(CC)CC)CC3)C2)cc1. The molecule has 0 unspecified atom stereocenters. The lowest BCUT2D eigenvalue weighted by molar-refractivity contribution is -0.142.